The zero-order chi connectivity index (χ0) is 20.1. The molecule has 1 aromatic heterocycles. The summed E-state index contributed by atoms with van der Waals surface area (Å²) >= 11 is 0. The molecule has 0 saturated carbocycles. The van der Waals surface area contributed by atoms with Gasteiger partial charge in [0.1, 0.15) is 5.75 Å². The topological polar surface area (TPSA) is 92.0 Å². The normalized spacial score (nSPS) is 12.9. The molecule has 0 aliphatic carbocycles. The first-order chi connectivity index (χ1) is 13.0. The van der Waals surface area contributed by atoms with Crippen molar-refractivity contribution in [2.75, 3.05) is 0 Å². The van der Waals surface area contributed by atoms with Crippen molar-refractivity contribution in [2.24, 2.45) is 0 Å². The van der Waals surface area contributed by atoms with Crippen molar-refractivity contribution in [1.29, 1.82) is 0 Å². The van der Waals surface area contributed by atoms with Crippen LogP contribution in [0.5, 0.6) is 5.75 Å². The molecule has 3 N–H and O–H groups in total. The van der Waals surface area contributed by atoms with E-state index < -0.39 is 12.6 Å². The van der Waals surface area contributed by atoms with E-state index in [1.165, 1.54) is 0 Å². The molecule has 0 bridgehead atoms. The number of hydrogen-bond acceptors (Lipinski definition) is 6. The highest BCUT2D eigenvalue weighted by Gasteiger charge is 2.15. The standard InChI is InChI=1S/C21H29NO5/c1-4-6-8-10-12-20(24)27-15-18-17(13-22-16(3)21(18)25)14-26-19(23)11-9-7-5-2/h1-2,13,19-20,23-25H,6-12,14-15H2,3H3. The number of ether oxygens (including phenoxy) is 2. The van der Waals surface area contributed by atoms with E-state index >= 15 is 0 Å². The maximum Gasteiger partial charge on any atom is 0.155 e. The number of aromatic hydroxyl groups is 1. The second-order valence-electron chi connectivity index (χ2n) is 6.27. The van der Waals surface area contributed by atoms with Crippen molar-refractivity contribution in [3.63, 3.8) is 0 Å². The Morgan fingerprint density at radius 3 is 2.26 bits per heavy atom. The lowest BCUT2D eigenvalue weighted by Gasteiger charge is -2.17. The van der Waals surface area contributed by atoms with Crippen LogP contribution in [0.4, 0.5) is 0 Å². The van der Waals surface area contributed by atoms with Crippen LogP contribution in [0.3, 0.4) is 0 Å². The quantitative estimate of drug-likeness (QED) is 0.279. The lowest BCUT2D eigenvalue weighted by molar-refractivity contribution is -0.118. The van der Waals surface area contributed by atoms with Gasteiger partial charge in [0.2, 0.25) is 0 Å². The van der Waals surface area contributed by atoms with E-state index in [0.717, 1.165) is 12.8 Å². The molecular formula is C21H29NO5. The lowest BCUT2D eigenvalue weighted by Crippen LogP contribution is -2.15. The van der Waals surface area contributed by atoms with E-state index in [4.69, 9.17) is 22.3 Å². The van der Waals surface area contributed by atoms with Gasteiger partial charge in [0.05, 0.1) is 18.9 Å². The first kappa shape index (κ1) is 23.0. The van der Waals surface area contributed by atoms with Gasteiger partial charge in [-0.3, -0.25) is 4.98 Å². The Balaban J connectivity index is 2.60. The minimum atomic E-state index is -0.947. The third-order valence-electron chi connectivity index (χ3n) is 4.08. The summed E-state index contributed by atoms with van der Waals surface area (Å²) in [4.78, 5) is 4.11. The van der Waals surface area contributed by atoms with Crippen LogP contribution in [0.25, 0.3) is 0 Å². The fourth-order valence-corrected chi connectivity index (χ4v) is 2.43. The van der Waals surface area contributed by atoms with Crippen molar-refractivity contribution in [3.05, 3.63) is 23.0 Å². The monoisotopic (exact) mass is 375 g/mol. The van der Waals surface area contributed by atoms with Crippen molar-refractivity contribution < 1.29 is 24.8 Å². The summed E-state index contributed by atoms with van der Waals surface area (Å²) in [5.41, 5.74) is 1.53. The molecule has 148 valence electrons. The number of rotatable bonds is 13. The second kappa shape index (κ2) is 13.1. The van der Waals surface area contributed by atoms with Crippen LogP contribution in [0.15, 0.2) is 6.20 Å². The highest BCUT2D eigenvalue weighted by Crippen LogP contribution is 2.26. The Hall–Kier alpha value is -2.09. The molecule has 0 fully saturated rings. The first-order valence-electron chi connectivity index (χ1n) is 9.12. The molecule has 2 unspecified atom stereocenters. The molecule has 6 nitrogen and oxygen atoms in total. The Labute approximate surface area is 161 Å². The number of unbranched alkanes of at least 4 members (excludes halogenated alkanes) is 3. The van der Waals surface area contributed by atoms with Crippen LogP contribution in [0, 0.1) is 31.6 Å². The van der Waals surface area contributed by atoms with E-state index in [0.29, 0.717) is 48.9 Å². The Morgan fingerprint density at radius 1 is 1.00 bits per heavy atom. The van der Waals surface area contributed by atoms with Gasteiger partial charge in [0.25, 0.3) is 0 Å². The molecule has 0 radical (unpaired) electrons. The summed E-state index contributed by atoms with van der Waals surface area (Å²) < 4.78 is 10.9. The highest BCUT2D eigenvalue weighted by molar-refractivity contribution is 5.40. The smallest absolute Gasteiger partial charge is 0.155 e. The van der Waals surface area contributed by atoms with Gasteiger partial charge in [-0.25, -0.2) is 0 Å². The predicted octanol–water partition coefficient (Wildman–Crippen LogP) is 2.76. The molecule has 1 rings (SSSR count). The number of aliphatic hydroxyl groups is 2. The average Bonchev–Trinajstić information content (AvgIpc) is 2.65. The molecule has 0 aliphatic heterocycles. The third-order valence-corrected chi connectivity index (χ3v) is 4.08. The summed E-state index contributed by atoms with van der Waals surface area (Å²) in [6, 6.07) is 0. The van der Waals surface area contributed by atoms with Crippen LogP contribution in [0.1, 0.15) is 61.8 Å². The summed E-state index contributed by atoms with van der Waals surface area (Å²) in [6.07, 6.45) is 14.4. The zero-order valence-electron chi connectivity index (χ0n) is 15.9. The summed E-state index contributed by atoms with van der Waals surface area (Å²) in [6.45, 7) is 1.75. The summed E-state index contributed by atoms with van der Waals surface area (Å²) in [7, 11) is 0. The number of hydrogen-bond donors (Lipinski definition) is 3. The third kappa shape index (κ3) is 8.90. The molecule has 0 spiro atoms. The lowest BCUT2D eigenvalue weighted by atomic mass is 10.1. The van der Waals surface area contributed by atoms with Gasteiger partial charge in [-0.05, 0) is 39.0 Å². The molecule has 0 saturated heterocycles. The molecule has 0 aromatic carbocycles. The minimum Gasteiger partial charge on any atom is -0.506 e. The Kier molecular flexibility index (Phi) is 11.2. The second-order valence-corrected chi connectivity index (χ2v) is 6.27. The maximum atomic E-state index is 10.3. The van der Waals surface area contributed by atoms with Crippen LogP contribution in [-0.4, -0.2) is 32.9 Å². The van der Waals surface area contributed by atoms with Gasteiger partial charge >= 0.3 is 0 Å². The minimum absolute atomic E-state index is 0.00236. The highest BCUT2D eigenvalue weighted by atomic mass is 16.6. The van der Waals surface area contributed by atoms with Gasteiger partial charge in [-0.2, -0.15) is 0 Å². The molecule has 0 aliphatic rings. The Bertz CT molecular complexity index is 647. The van der Waals surface area contributed by atoms with Gasteiger partial charge in [0, 0.05) is 30.2 Å². The number of pyridine rings is 1. The van der Waals surface area contributed by atoms with Crippen LogP contribution in [-0.2, 0) is 22.7 Å². The molecule has 2 atom stereocenters. The maximum absolute atomic E-state index is 10.3. The molecule has 1 aromatic rings. The summed E-state index contributed by atoms with van der Waals surface area (Å²) in [5.74, 6) is 5.06. The van der Waals surface area contributed by atoms with E-state index in [9.17, 15) is 15.3 Å². The van der Waals surface area contributed by atoms with Gasteiger partial charge in [-0.1, -0.05) is 0 Å². The van der Waals surface area contributed by atoms with Crippen molar-refractivity contribution in [1.82, 2.24) is 4.98 Å². The Morgan fingerprint density at radius 2 is 1.59 bits per heavy atom. The van der Waals surface area contributed by atoms with E-state index in [2.05, 4.69) is 16.8 Å². The van der Waals surface area contributed by atoms with Crippen molar-refractivity contribution >= 4 is 0 Å². The molecule has 27 heavy (non-hydrogen) atoms. The predicted molar refractivity (Wildman–Crippen MR) is 102 cm³/mol. The zero-order valence-corrected chi connectivity index (χ0v) is 15.9. The molecule has 1 heterocycles. The van der Waals surface area contributed by atoms with Gasteiger partial charge < -0.3 is 24.8 Å². The fourth-order valence-electron chi connectivity index (χ4n) is 2.43. The molecular weight excluding hydrogens is 346 g/mol. The van der Waals surface area contributed by atoms with E-state index in [-0.39, 0.29) is 19.0 Å². The largest absolute Gasteiger partial charge is 0.506 e. The summed E-state index contributed by atoms with van der Waals surface area (Å²) in [5, 5.41) is 30.1. The fraction of sp³-hybridized carbons (Fsp3) is 0.571. The number of aryl methyl sites for hydroxylation is 1. The van der Waals surface area contributed by atoms with Crippen LogP contribution in [0.2, 0.25) is 0 Å². The SMILES string of the molecule is C#CCCCCC(O)OCc1c(COC(O)CCCC#C)cnc(C)c1O. The van der Waals surface area contributed by atoms with E-state index in [1.807, 2.05) is 0 Å². The van der Waals surface area contributed by atoms with Crippen LogP contribution < -0.4 is 0 Å². The number of terminal acetylenes is 2. The molecule has 0 amide bonds. The van der Waals surface area contributed by atoms with Gasteiger partial charge in [-0.15, -0.1) is 24.7 Å². The van der Waals surface area contributed by atoms with E-state index in [1.54, 1.807) is 13.1 Å². The van der Waals surface area contributed by atoms with Crippen molar-refractivity contribution in [3.8, 4) is 30.4 Å². The first-order valence-corrected chi connectivity index (χ1v) is 9.12. The van der Waals surface area contributed by atoms with Gasteiger partial charge in [0.15, 0.2) is 12.6 Å². The number of aromatic nitrogens is 1. The average molecular weight is 375 g/mol. The molecule has 6 heteroatoms. The number of aliphatic hydroxyl groups excluding tert-OH is 2. The van der Waals surface area contributed by atoms with Crippen LogP contribution >= 0.6 is 0 Å². The van der Waals surface area contributed by atoms with Crippen molar-refractivity contribution in [2.45, 2.75) is 77.7 Å². The number of nitrogens with zero attached hydrogens (tertiary/aromatic N) is 1.